The molecule has 1 nitrogen and oxygen atoms in total. The highest BCUT2D eigenvalue weighted by Crippen LogP contribution is 1.88. The Morgan fingerprint density at radius 3 is 1.22 bits per heavy atom. The minimum Gasteiger partial charge on any atom is -0.202 e. The molecule has 0 saturated heterocycles. The maximum Gasteiger partial charge on any atom is 0.0462 e. The number of rotatable bonds is 2. The van der Waals surface area contributed by atoms with Crippen LogP contribution in [0, 0.1) is 11.8 Å². The van der Waals surface area contributed by atoms with Gasteiger partial charge in [-0.2, -0.15) is 0 Å². The van der Waals surface area contributed by atoms with Crippen LogP contribution in [0.4, 0.5) is 0 Å². The van der Waals surface area contributed by atoms with Crippen molar-refractivity contribution >= 4 is 24.8 Å². The van der Waals surface area contributed by atoms with Gasteiger partial charge in [0.1, 0.15) is 0 Å². The summed E-state index contributed by atoms with van der Waals surface area (Å²) in [5, 5.41) is 6.50. The standard InChI is InChI=1S/C5H12.CHN.2ClH/c1-3-5-4-2;1-2;;/h3-5H2,1-2H3;1H;2*1H. The lowest BCUT2D eigenvalue weighted by Crippen LogP contribution is -1.59. The molecule has 0 radical (unpaired) electrons. The lowest BCUT2D eigenvalue weighted by Gasteiger charge is -1.79. The summed E-state index contributed by atoms with van der Waals surface area (Å²) in [5.41, 5.74) is 0. The van der Waals surface area contributed by atoms with E-state index in [1.807, 2.05) is 0 Å². The number of halogens is 2. The van der Waals surface area contributed by atoms with E-state index in [-0.39, 0.29) is 24.8 Å². The van der Waals surface area contributed by atoms with Crippen molar-refractivity contribution in [3.05, 3.63) is 0 Å². The van der Waals surface area contributed by atoms with Crippen molar-refractivity contribution in [2.75, 3.05) is 0 Å². The number of hydrogen-bond donors (Lipinski definition) is 0. The highest BCUT2D eigenvalue weighted by atomic mass is 35.5. The third-order valence-electron chi connectivity index (χ3n) is 0.707. The van der Waals surface area contributed by atoms with E-state index < -0.39 is 0 Å². The zero-order chi connectivity index (χ0) is 6.12. The molecule has 0 aromatic carbocycles. The van der Waals surface area contributed by atoms with Crippen LogP contribution in [-0.2, 0) is 0 Å². The Bertz CT molecular complexity index is 35.3. The Labute approximate surface area is 70.3 Å². The van der Waals surface area contributed by atoms with Gasteiger partial charge < -0.3 is 0 Å². The van der Waals surface area contributed by atoms with Gasteiger partial charge in [0.05, 0.1) is 0 Å². The van der Waals surface area contributed by atoms with Crippen LogP contribution in [0.1, 0.15) is 33.1 Å². The van der Waals surface area contributed by atoms with Crippen molar-refractivity contribution in [2.45, 2.75) is 33.1 Å². The van der Waals surface area contributed by atoms with Crippen LogP contribution in [0.15, 0.2) is 0 Å². The molecule has 0 atom stereocenters. The first-order valence-corrected chi connectivity index (χ1v) is 2.67. The third-order valence-corrected chi connectivity index (χ3v) is 0.707. The van der Waals surface area contributed by atoms with Gasteiger partial charge in [-0.15, -0.1) is 24.8 Å². The van der Waals surface area contributed by atoms with Crippen molar-refractivity contribution < 1.29 is 0 Å². The van der Waals surface area contributed by atoms with Crippen LogP contribution < -0.4 is 0 Å². The molecule has 0 unspecified atom stereocenters. The van der Waals surface area contributed by atoms with Gasteiger partial charge in [-0.05, 0) is 0 Å². The fraction of sp³-hybridized carbons (Fsp3) is 0.833. The van der Waals surface area contributed by atoms with Gasteiger partial charge in [-0.1, -0.05) is 33.1 Å². The summed E-state index contributed by atoms with van der Waals surface area (Å²) in [4.78, 5) is 0. The molecule has 0 saturated carbocycles. The summed E-state index contributed by atoms with van der Waals surface area (Å²) in [7, 11) is 0. The Morgan fingerprint density at radius 2 is 1.22 bits per heavy atom. The van der Waals surface area contributed by atoms with Crippen LogP contribution in [0.5, 0.6) is 0 Å². The molecule has 9 heavy (non-hydrogen) atoms. The first kappa shape index (κ1) is 23.0. The summed E-state index contributed by atoms with van der Waals surface area (Å²) in [6, 6.07) is 0. The molecule has 0 aromatic rings. The number of nitrogens with zero attached hydrogens (tertiary/aromatic N) is 1. The molecular formula is C6H15Cl2N. The van der Waals surface area contributed by atoms with Crippen molar-refractivity contribution in [2.24, 2.45) is 0 Å². The Kier molecular flexibility index (Phi) is 109. The van der Waals surface area contributed by atoms with Crippen LogP contribution in [0.3, 0.4) is 0 Å². The zero-order valence-corrected chi connectivity index (χ0v) is 7.60. The van der Waals surface area contributed by atoms with Gasteiger partial charge in [0.15, 0.2) is 0 Å². The van der Waals surface area contributed by atoms with Gasteiger partial charge in [0.25, 0.3) is 0 Å². The van der Waals surface area contributed by atoms with Crippen LogP contribution in [0.25, 0.3) is 0 Å². The molecule has 58 valence electrons. The van der Waals surface area contributed by atoms with Crippen molar-refractivity contribution in [1.29, 1.82) is 5.26 Å². The second kappa shape index (κ2) is 42.8. The van der Waals surface area contributed by atoms with Gasteiger partial charge in [-0.3, -0.25) is 0 Å². The summed E-state index contributed by atoms with van der Waals surface area (Å²) in [6.45, 7) is 7.92. The predicted molar refractivity (Wildman–Crippen MR) is 46.4 cm³/mol. The molecule has 0 fully saturated rings. The van der Waals surface area contributed by atoms with Crippen molar-refractivity contribution in [1.82, 2.24) is 0 Å². The van der Waals surface area contributed by atoms with E-state index >= 15 is 0 Å². The van der Waals surface area contributed by atoms with Crippen molar-refractivity contribution in [3.8, 4) is 6.57 Å². The van der Waals surface area contributed by atoms with Crippen molar-refractivity contribution in [3.63, 3.8) is 0 Å². The smallest absolute Gasteiger partial charge is 0.0462 e. The summed E-state index contributed by atoms with van der Waals surface area (Å²) < 4.78 is 0. The lowest BCUT2D eigenvalue weighted by atomic mass is 10.3. The Balaban J connectivity index is -0.0000000286. The first-order chi connectivity index (χ1) is 3.41. The number of unbranched alkanes of at least 4 members (excludes halogenated alkanes) is 2. The van der Waals surface area contributed by atoms with Gasteiger partial charge in [-0.25, -0.2) is 5.26 Å². The molecule has 0 heterocycles. The maximum atomic E-state index is 6.50. The number of hydrogen-bond acceptors (Lipinski definition) is 1. The average molecular weight is 172 g/mol. The fourth-order valence-corrected chi connectivity index (χ4v) is 0.354. The number of nitriles is 1. The molecule has 0 aliphatic rings. The first-order valence-electron chi connectivity index (χ1n) is 2.67. The quantitative estimate of drug-likeness (QED) is 0.627. The molecule has 0 N–H and O–H groups in total. The zero-order valence-electron chi connectivity index (χ0n) is 5.96. The second-order valence-corrected chi connectivity index (χ2v) is 1.35. The topological polar surface area (TPSA) is 23.8 Å². The molecule has 0 rings (SSSR count). The van der Waals surface area contributed by atoms with Gasteiger partial charge in [0.2, 0.25) is 0 Å². The molecular weight excluding hydrogens is 157 g/mol. The minimum absolute atomic E-state index is 0. The predicted octanol–water partition coefficient (Wildman–Crippen LogP) is 3.18. The second-order valence-electron chi connectivity index (χ2n) is 1.35. The van der Waals surface area contributed by atoms with E-state index in [4.69, 9.17) is 5.26 Å². The molecule has 0 aliphatic heterocycles. The highest BCUT2D eigenvalue weighted by molar-refractivity contribution is 5.85. The highest BCUT2D eigenvalue weighted by Gasteiger charge is 1.68. The summed E-state index contributed by atoms with van der Waals surface area (Å²) in [5.74, 6) is 0. The van der Waals surface area contributed by atoms with Crippen LogP contribution in [-0.4, -0.2) is 0 Å². The molecule has 0 aromatic heterocycles. The molecule has 3 heteroatoms. The van der Waals surface area contributed by atoms with E-state index in [0.717, 1.165) is 0 Å². The molecule has 0 aliphatic carbocycles. The van der Waals surface area contributed by atoms with E-state index in [9.17, 15) is 0 Å². The monoisotopic (exact) mass is 171 g/mol. The minimum atomic E-state index is 0. The fourth-order valence-electron chi connectivity index (χ4n) is 0.354. The molecule has 0 amide bonds. The maximum absolute atomic E-state index is 6.50. The third kappa shape index (κ3) is 69.4. The van der Waals surface area contributed by atoms with E-state index in [1.54, 1.807) is 0 Å². The van der Waals surface area contributed by atoms with E-state index in [1.165, 1.54) is 19.3 Å². The normalized spacial score (nSPS) is 4.89. The Hall–Kier alpha value is 0.0700. The summed E-state index contributed by atoms with van der Waals surface area (Å²) in [6.07, 6.45) is 4.08. The average Bonchev–Trinajstić information content (AvgIpc) is 1.75. The van der Waals surface area contributed by atoms with Crippen LogP contribution >= 0.6 is 24.8 Å². The lowest BCUT2D eigenvalue weighted by molar-refractivity contribution is 0.772. The van der Waals surface area contributed by atoms with Gasteiger partial charge in [0, 0.05) is 6.57 Å². The van der Waals surface area contributed by atoms with E-state index in [2.05, 4.69) is 20.4 Å². The summed E-state index contributed by atoms with van der Waals surface area (Å²) >= 11 is 0. The SMILES string of the molecule is C#N.CCCCC.Cl.Cl. The van der Waals surface area contributed by atoms with Gasteiger partial charge >= 0.3 is 0 Å². The largest absolute Gasteiger partial charge is 0.202 e. The van der Waals surface area contributed by atoms with E-state index in [0.29, 0.717) is 0 Å². The molecule has 0 spiro atoms. The molecule has 0 bridgehead atoms. The van der Waals surface area contributed by atoms with Crippen LogP contribution in [0.2, 0.25) is 0 Å². The Morgan fingerprint density at radius 1 is 1.00 bits per heavy atom.